The molecule has 0 amide bonds. The molecule has 0 bridgehead atoms. The fraction of sp³-hybridized carbons (Fsp3) is 1.00. The first-order valence-corrected chi connectivity index (χ1v) is 9.79. The first-order chi connectivity index (χ1) is 9.74. The van der Waals surface area contributed by atoms with E-state index >= 15 is 0 Å². The molecule has 1 spiro atoms. The van der Waals surface area contributed by atoms with Gasteiger partial charge in [-0.1, -0.05) is 33.1 Å². The van der Waals surface area contributed by atoms with E-state index in [9.17, 15) is 0 Å². The molecule has 4 atom stereocenters. The predicted octanol–water partition coefficient (Wildman–Crippen LogP) is 4.09. The summed E-state index contributed by atoms with van der Waals surface area (Å²) in [6.07, 6.45) is 9.20. The van der Waals surface area contributed by atoms with Crippen LogP contribution in [0.5, 0.6) is 0 Å². The van der Waals surface area contributed by atoms with Crippen LogP contribution in [0, 0.1) is 11.8 Å². The van der Waals surface area contributed by atoms with Crippen molar-refractivity contribution in [1.82, 2.24) is 5.32 Å². The van der Waals surface area contributed by atoms with Crippen LogP contribution < -0.4 is 5.32 Å². The van der Waals surface area contributed by atoms with Crippen LogP contribution >= 0.6 is 11.8 Å². The lowest BCUT2D eigenvalue weighted by Crippen LogP contribution is -2.49. The van der Waals surface area contributed by atoms with E-state index in [4.69, 9.17) is 4.74 Å². The maximum Gasteiger partial charge on any atom is 0.0783 e. The molecule has 2 nitrogen and oxygen atoms in total. The van der Waals surface area contributed by atoms with Gasteiger partial charge in [-0.15, -0.1) is 0 Å². The molecule has 0 radical (unpaired) electrons. The van der Waals surface area contributed by atoms with Gasteiger partial charge in [-0.2, -0.15) is 11.8 Å². The monoisotopic (exact) mass is 299 g/mol. The minimum Gasteiger partial charge on any atom is -0.374 e. The lowest BCUT2D eigenvalue weighted by Gasteiger charge is -2.43. The quantitative estimate of drug-likeness (QED) is 0.765. The Morgan fingerprint density at radius 2 is 2.25 bits per heavy atom. The van der Waals surface area contributed by atoms with Crippen LogP contribution in [0.15, 0.2) is 0 Å². The highest BCUT2D eigenvalue weighted by molar-refractivity contribution is 7.99. The summed E-state index contributed by atoms with van der Waals surface area (Å²) in [6.45, 7) is 5.65. The van der Waals surface area contributed by atoms with Gasteiger partial charge in [-0.3, -0.25) is 0 Å². The van der Waals surface area contributed by atoms with Crippen LogP contribution in [0.2, 0.25) is 0 Å². The number of ether oxygens (including phenoxy) is 1. The maximum atomic E-state index is 6.20. The highest BCUT2D eigenvalue weighted by Gasteiger charge is 2.43. The molecule has 2 fully saturated rings. The number of unbranched alkanes of at least 4 members (excludes halogenated alkanes) is 1. The van der Waals surface area contributed by atoms with Gasteiger partial charge >= 0.3 is 0 Å². The second kappa shape index (κ2) is 8.05. The summed E-state index contributed by atoms with van der Waals surface area (Å²) in [6, 6.07) is 0.693. The Bertz CT molecular complexity index is 278. The Balaban J connectivity index is 1.98. The summed E-state index contributed by atoms with van der Waals surface area (Å²) in [5, 5.41) is 3.68. The van der Waals surface area contributed by atoms with Crippen LogP contribution in [0.4, 0.5) is 0 Å². The summed E-state index contributed by atoms with van der Waals surface area (Å²) in [7, 11) is 2.17. The first kappa shape index (κ1) is 16.6. The molecule has 2 heterocycles. The SMILES string of the molecule is CCCCC(CC)C(NC)C1CCOC2(CCSC2)C1. The lowest BCUT2D eigenvalue weighted by atomic mass is 9.75. The van der Waals surface area contributed by atoms with Gasteiger partial charge in [0, 0.05) is 18.4 Å². The van der Waals surface area contributed by atoms with Crippen molar-refractivity contribution in [3.05, 3.63) is 0 Å². The van der Waals surface area contributed by atoms with E-state index in [0.29, 0.717) is 6.04 Å². The van der Waals surface area contributed by atoms with Crippen LogP contribution in [-0.4, -0.2) is 36.8 Å². The van der Waals surface area contributed by atoms with Crippen molar-refractivity contribution < 1.29 is 4.74 Å². The van der Waals surface area contributed by atoms with E-state index < -0.39 is 0 Å². The summed E-state index contributed by atoms with van der Waals surface area (Å²) < 4.78 is 6.20. The van der Waals surface area contributed by atoms with Crippen LogP contribution in [0.1, 0.15) is 58.8 Å². The minimum atomic E-state index is 0.228. The van der Waals surface area contributed by atoms with Crippen molar-refractivity contribution >= 4 is 11.8 Å². The van der Waals surface area contributed by atoms with E-state index in [0.717, 1.165) is 18.4 Å². The average molecular weight is 300 g/mol. The normalized spacial score (nSPS) is 33.5. The van der Waals surface area contributed by atoms with Crippen LogP contribution in [0.3, 0.4) is 0 Å². The third-order valence-corrected chi connectivity index (χ3v) is 6.62. The standard InChI is InChI=1S/C17H33NOS/c1-4-6-7-14(5-2)16(18-3)15-8-10-19-17(12-15)9-11-20-13-17/h14-16,18H,4-13H2,1-3H3. The molecule has 1 N–H and O–H groups in total. The molecule has 2 aliphatic rings. The maximum absolute atomic E-state index is 6.20. The molecule has 4 unspecified atom stereocenters. The van der Waals surface area contributed by atoms with Gasteiger partial charge in [-0.05, 0) is 50.3 Å². The Labute approximate surface area is 129 Å². The average Bonchev–Trinajstić information content (AvgIpc) is 2.91. The first-order valence-electron chi connectivity index (χ1n) is 8.63. The molecule has 20 heavy (non-hydrogen) atoms. The molecule has 0 aromatic carbocycles. The van der Waals surface area contributed by atoms with Gasteiger partial charge in [0.25, 0.3) is 0 Å². The highest BCUT2D eigenvalue weighted by atomic mass is 32.2. The molecule has 2 rings (SSSR count). The predicted molar refractivity (Wildman–Crippen MR) is 89.5 cm³/mol. The number of rotatable bonds is 7. The van der Waals surface area contributed by atoms with Gasteiger partial charge < -0.3 is 10.1 Å². The zero-order valence-corrected chi connectivity index (χ0v) is 14.4. The number of hydrogen-bond acceptors (Lipinski definition) is 3. The minimum absolute atomic E-state index is 0.228. The Morgan fingerprint density at radius 3 is 2.85 bits per heavy atom. The third kappa shape index (κ3) is 3.92. The number of hydrogen-bond donors (Lipinski definition) is 1. The van der Waals surface area contributed by atoms with Crippen molar-refractivity contribution in [2.75, 3.05) is 25.2 Å². The lowest BCUT2D eigenvalue weighted by molar-refractivity contribution is -0.0883. The summed E-state index contributed by atoms with van der Waals surface area (Å²) in [5.74, 6) is 4.18. The van der Waals surface area contributed by atoms with Crippen LogP contribution in [-0.2, 0) is 4.74 Å². The summed E-state index contributed by atoms with van der Waals surface area (Å²) in [5.41, 5.74) is 0.228. The van der Waals surface area contributed by atoms with Crippen molar-refractivity contribution in [1.29, 1.82) is 0 Å². The molecule has 2 aliphatic heterocycles. The molecule has 0 aliphatic carbocycles. The topological polar surface area (TPSA) is 21.3 Å². The number of nitrogens with one attached hydrogen (secondary N) is 1. The van der Waals surface area contributed by atoms with Gasteiger partial charge in [0.15, 0.2) is 0 Å². The molecule has 0 aromatic rings. The molecule has 118 valence electrons. The molecule has 2 saturated heterocycles. The molecular weight excluding hydrogens is 266 g/mol. The van der Waals surface area contributed by atoms with Crippen molar-refractivity contribution in [2.24, 2.45) is 11.8 Å². The summed E-state index contributed by atoms with van der Waals surface area (Å²) in [4.78, 5) is 0. The zero-order chi connectivity index (χ0) is 14.4. The molecule has 0 aromatic heterocycles. The van der Waals surface area contributed by atoms with Gasteiger partial charge in [-0.25, -0.2) is 0 Å². The Hall–Kier alpha value is 0.270. The molecule has 3 heteroatoms. The molecular formula is C17H33NOS. The second-order valence-corrected chi connectivity index (χ2v) is 7.82. The van der Waals surface area contributed by atoms with Gasteiger partial charge in [0.1, 0.15) is 0 Å². The Morgan fingerprint density at radius 1 is 1.40 bits per heavy atom. The van der Waals surface area contributed by atoms with E-state index in [1.807, 2.05) is 0 Å². The smallest absolute Gasteiger partial charge is 0.0783 e. The fourth-order valence-electron chi connectivity index (χ4n) is 4.20. The number of thioether (sulfide) groups is 1. The van der Waals surface area contributed by atoms with E-state index in [1.54, 1.807) is 0 Å². The van der Waals surface area contributed by atoms with Crippen LogP contribution in [0.25, 0.3) is 0 Å². The van der Waals surface area contributed by atoms with Crippen molar-refractivity contribution in [2.45, 2.75) is 70.4 Å². The largest absolute Gasteiger partial charge is 0.374 e. The Kier molecular flexibility index (Phi) is 6.70. The third-order valence-electron chi connectivity index (χ3n) is 5.40. The van der Waals surface area contributed by atoms with Crippen molar-refractivity contribution in [3.63, 3.8) is 0 Å². The zero-order valence-electron chi connectivity index (χ0n) is 13.6. The van der Waals surface area contributed by atoms with Gasteiger partial charge in [0.05, 0.1) is 5.60 Å². The highest BCUT2D eigenvalue weighted by Crippen LogP contribution is 2.42. The van der Waals surface area contributed by atoms with E-state index in [1.165, 1.54) is 56.5 Å². The second-order valence-electron chi connectivity index (χ2n) is 6.71. The molecule has 0 saturated carbocycles. The van der Waals surface area contributed by atoms with E-state index in [2.05, 4.69) is 38.0 Å². The van der Waals surface area contributed by atoms with Crippen molar-refractivity contribution in [3.8, 4) is 0 Å². The summed E-state index contributed by atoms with van der Waals surface area (Å²) >= 11 is 2.08. The van der Waals surface area contributed by atoms with Gasteiger partial charge in [0.2, 0.25) is 0 Å². The van der Waals surface area contributed by atoms with E-state index in [-0.39, 0.29) is 5.60 Å². The fourth-order valence-corrected chi connectivity index (χ4v) is 5.57.